The predicted octanol–water partition coefficient (Wildman–Crippen LogP) is 1.71. The number of hydrogen-bond acceptors (Lipinski definition) is 4. The highest BCUT2D eigenvalue weighted by molar-refractivity contribution is 7.89. The van der Waals surface area contributed by atoms with Gasteiger partial charge >= 0.3 is 0 Å². The van der Waals surface area contributed by atoms with Crippen molar-refractivity contribution in [3.05, 3.63) is 65.5 Å². The van der Waals surface area contributed by atoms with Crippen molar-refractivity contribution < 1.29 is 17.9 Å². The van der Waals surface area contributed by atoms with Crippen LogP contribution in [0.25, 0.3) is 0 Å². The summed E-state index contributed by atoms with van der Waals surface area (Å²) in [4.78, 5) is -0.0350. The number of nitriles is 1. The van der Waals surface area contributed by atoms with E-state index in [-0.39, 0.29) is 17.0 Å². The summed E-state index contributed by atoms with van der Waals surface area (Å²) in [6.07, 6.45) is -1.30. The van der Waals surface area contributed by atoms with Gasteiger partial charge in [0.2, 0.25) is 10.0 Å². The standard InChI is InChI=1S/C15H13FN2O3S/c16-14-4-2-1-3-13(14)15(19)10-18-22(20,21)12-7-5-11(9-17)6-8-12/h1-8,15,18-19H,10H2. The van der Waals surface area contributed by atoms with E-state index in [0.29, 0.717) is 5.56 Å². The Morgan fingerprint density at radius 2 is 1.82 bits per heavy atom. The lowest BCUT2D eigenvalue weighted by molar-refractivity contribution is 0.177. The van der Waals surface area contributed by atoms with Crippen LogP contribution in [-0.2, 0) is 10.0 Å². The Bertz CT molecular complexity index is 798. The third kappa shape index (κ3) is 3.68. The van der Waals surface area contributed by atoms with Crippen molar-refractivity contribution in [1.29, 1.82) is 5.26 Å². The van der Waals surface area contributed by atoms with Gasteiger partial charge in [0, 0.05) is 12.1 Å². The minimum atomic E-state index is -3.84. The molecule has 0 spiro atoms. The predicted molar refractivity (Wildman–Crippen MR) is 77.7 cm³/mol. The molecule has 22 heavy (non-hydrogen) atoms. The number of aliphatic hydroxyl groups excluding tert-OH is 1. The molecule has 0 bridgehead atoms. The molecule has 2 aromatic rings. The summed E-state index contributed by atoms with van der Waals surface area (Å²) in [6.45, 7) is -0.358. The number of hydrogen-bond donors (Lipinski definition) is 2. The number of halogens is 1. The normalized spacial score (nSPS) is 12.6. The van der Waals surface area contributed by atoms with Crippen LogP contribution in [0, 0.1) is 17.1 Å². The maximum Gasteiger partial charge on any atom is 0.240 e. The van der Waals surface area contributed by atoms with Gasteiger partial charge in [-0.15, -0.1) is 0 Å². The molecular weight excluding hydrogens is 307 g/mol. The molecule has 0 aliphatic carbocycles. The number of nitrogens with zero attached hydrogens (tertiary/aromatic N) is 1. The van der Waals surface area contributed by atoms with Crippen molar-refractivity contribution in [1.82, 2.24) is 4.72 Å². The lowest BCUT2D eigenvalue weighted by Gasteiger charge is -2.13. The molecule has 0 fully saturated rings. The van der Waals surface area contributed by atoms with Crippen molar-refractivity contribution in [2.24, 2.45) is 0 Å². The fourth-order valence-electron chi connectivity index (χ4n) is 1.84. The second kappa shape index (κ2) is 6.66. The number of benzene rings is 2. The molecule has 0 aromatic heterocycles. The second-order valence-electron chi connectivity index (χ2n) is 4.53. The molecule has 2 N–H and O–H groups in total. The average molecular weight is 320 g/mol. The quantitative estimate of drug-likeness (QED) is 0.877. The summed E-state index contributed by atoms with van der Waals surface area (Å²) >= 11 is 0. The second-order valence-corrected chi connectivity index (χ2v) is 6.29. The summed E-state index contributed by atoms with van der Waals surface area (Å²) < 4.78 is 39.8. The van der Waals surface area contributed by atoms with Crippen molar-refractivity contribution in [2.45, 2.75) is 11.0 Å². The van der Waals surface area contributed by atoms with Gasteiger partial charge < -0.3 is 5.11 Å². The van der Waals surface area contributed by atoms with E-state index in [4.69, 9.17) is 5.26 Å². The molecule has 1 unspecified atom stereocenters. The molecule has 0 radical (unpaired) electrons. The van der Waals surface area contributed by atoms with Crippen molar-refractivity contribution >= 4 is 10.0 Å². The fraction of sp³-hybridized carbons (Fsp3) is 0.133. The molecule has 5 nitrogen and oxygen atoms in total. The van der Waals surface area contributed by atoms with Gasteiger partial charge in [-0.2, -0.15) is 5.26 Å². The molecule has 1 atom stereocenters. The lowest BCUT2D eigenvalue weighted by Crippen LogP contribution is -2.28. The van der Waals surface area contributed by atoms with Crippen LogP contribution in [0.3, 0.4) is 0 Å². The van der Waals surface area contributed by atoms with E-state index in [2.05, 4.69) is 4.72 Å². The number of sulfonamides is 1. The van der Waals surface area contributed by atoms with E-state index >= 15 is 0 Å². The first kappa shape index (κ1) is 16.1. The van der Waals surface area contributed by atoms with E-state index in [1.807, 2.05) is 6.07 Å². The Morgan fingerprint density at radius 1 is 1.18 bits per heavy atom. The van der Waals surface area contributed by atoms with Crippen LogP contribution in [0.5, 0.6) is 0 Å². The SMILES string of the molecule is N#Cc1ccc(S(=O)(=O)NCC(O)c2ccccc2F)cc1. The van der Waals surface area contributed by atoms with Crippen LogP contribution in [0.15, 0.2) is 53.4 Å². The van der Waals surface area contributed by atoms with Crippen molar-refractivity contribution in [2.75, 3.05) is 6.54 Å². The van der Waals surface area contributed by atoms with Gasteiger partial charge in [-0.1, -0.05) is 18.2 Å². The Kier molecular flexibility index (Phi) is 4.88. The number of aliphatic hydroxyl groups is 1. The molecule has 0 saturated carbocycles. The first-order valence-electron chi connectivity index (χ1n) is 6.36. The molecule has 114 valence electrons. The highest BCUT2D eigenvalue weighted by atomic mass is 32.2. The molecule has 7 heteroatoms. The summed E-state index contributed by atoms with van der Waals surface area (Å²) in [5.74, 6) is -0.604. The zero-order valence-corrected chi connectivity index (χ0v) is 12.2. The Balaban J connectivity index is 2.09. The zero-order chi connectivity index (χ0) is 16.2. The molecular formula is C15H13FN2O3S. The summed E-state index contributed by atoms with van der Waals surface area (Å²) in [7, 11) is -3.84. The van der Waals surface area contributed by atoms with Gasteiger partial charge in [0.25, 0.3) is 0 Å². The van der Waals surface area contributed by atoms with Crippen LogP contribution in [-0.4, -0.2) is 20.1 Å². The van der Waals surface area contributed by atoms with Gasteiger partial charge in [0.15, 0.2) is 0 Å². The van der Waals surface area contributed by atoms with Crippen LogP contribution in [0.1, 0.15) is 17.2 Å². The lowest BCUT2D eigenvalue weighted by atomic mass is 10.1. The van der Waals surface area contributed by atoms with Crippen LogP contribution < -0.4 is 4.72 Å². The van der Waals surface area contributed by atoms with E-state index in [1.165, 1.54) is 42.5 Å². The Hall–Kier alpha value is -2.27. The summed E-state index contributed by atoms with van der Waals surface area (Å²) in [6, 6.07) is 12.8. The van der Waals surface area contributed by atoms with E-state index in [0.717, 1.165) is 0 Å². The van der Waals surface area contributed by atoms with Crippen LogP contribution in [0.2, 0.25) is 0 Å². The largest absolute Gasteiger partial charge is 0.387 e. The first-order chi connectivity index (χ1) is 10.4. The van der Waals surface area contributed by atoms with Crippen molar-refractivity contribution in [3.8, 4) is 6.07 Å². The van der Waals surface area contributed by atoms with Crippen LogP contribution >= 0.6 is 0 Å². The first-order valence-corrected chi connectivity index (χ1v) is 7.84. The monoisotopic (exact) mass is 320 g/mol. The third-order valence-corrected chi connectivity index (χ3v) is 4.46. The Morgan fingerprint density at radius 3 is 2.41 bits per heavy atom. The smallest absolute Gasteiger partial charge is 0.240 e. The minimum Gasteiger partial charge on any atom is -0.387 e. The molecule has 0 aliphatic rings. The minimum absolute atomic E-state index is 0.0185. The maximum atomic E-state index is 13.5. The summed E-state index contributed by atoms with van der Waals surface area (Å²) in [5, 5.41) is 18.6. The number of nitrogens with one attached hydrogen (secondary N) is 1. The molecule has 0 amide bonds. The summed E-state index contributed by atoms with van der Waals surface area (Å²) in [5.41, 5.74) is 0.357. The Labute approximate surface area is 127 Å². The maximum absolute atomic E-state index is 13.5. The fourth-order valence-corrected chi connectivity index (χ4v) is 2.87. The number of rotatable bonds is 5. The molecule has 0 saturated heterocycles. The highest BCUT2D eigenvalue weighted by Crippen LogP contribution is 2.17. The van der Waals surface area contributed by atoms with Gasteiger partial charge in [-0.25, -0.2) is 17.5 Å². The average Bonchev–Trinajstić information content (AvgIpc) is 2.53. The van der Waals surface area contributed by atoms with Gasteiger partial charge in [0.05, 0.1) is 22.6 Å². The highest BCUT2D eigenvalue weighted by Gasteiger charge is 2.18. The topological polar surface area (TPSA) is 90.2 Å². The molecule has 0 aliphatic heterocycles. The zero-order valence-electron chi connectivity index (χ0n) is 11.4. The van der Waals surface area contributed by atoms with Gasteiger partial charge in [-0.05, 0) is 30.3 Å². The van der Waals surface area contributed by atoms with Gasteiger partial charge in [-0.3, -0.25) is 0 Å². The van der Waals surface area contributed by atoms with E-state index < -0.39 is 21.9 Å². The van der Waals surface area contributed by atoms with Crippen LogP contribution in [0.4, 0.5) is 4.39 Å². The third-order valence-electron chi connectivity index (χ3n) is 3.02. The van der Waals surface area contributed by atoms with Crippen molar-refractivity contribution in [3.63, 3.8) is 0 Å². The molecule has 2 rings (SSSR count). The molecule has 0 heterocycles. The van der Waals surface area contributed by atoms with E-state index in [1.54, 1.807) is 6.07 Å². The van der Waals surface area contributed by atoms with Gasteiger partial charge in [0.1, 0.15) is 5.82 Å². The molecule has 2 aromatic carbocycles. The van der Waals surface area contributed by atoms with E-state index in [9.17, 15) is 17.9 Å².